The molecule has 1 aliphatic carbocycles. The van der Waals surface area contributed by atoms with Crippen molar-refractivity contribution < 1.29 is 18.7 Å². The van der Waals surface area contributed by atoms with Gasteiger partial charge in [-0.15, -0.1) is 0 Å². The minimum Gasteiger partial charge on any atom is -0.462 e. The summed E-state index contributed by atoms with van der Waals surface area (Å²) in [7, 11) is 0. The van der Waals surface area contributed by atoms with Gasteiger partial charge in [0.25, 0.3) is 0 Å². The van der Waals surface area contributed by atoms with Gasteiger partial charge in [0.1, 0.15) is 11.6 Å². The number of rotatable bonds is 6. The third-order valence-corrected chi connectivity index (χ3v) is 3.66. The van der Waals surface area contributed by atoms with Crippen LogP contribution in [0.3, 0.4) is 0 Å². The van der Waals surface area contributed by atoms with Crippen LogP contribution in [0.2, 0.25) is 5.02 Å². The van der Waals surface area contributed by atoms with Gasteiger partial charge in [-0.25, -0.2) is 9.18 Å². The van der Waals surface area contributed by atoms with Gasteiger partial charge in [-0.1, -0.05) is 11.6 Å². The highest BCUT2D eigenvalue weighted by Gasteiger charge is 2.29. The average molecular weight is 299 g/mol. The highest BCUT2D eigenvalue weighted by Crippen LogP contribution is 2.32. The number of hydrogen-bond donors (Lipinski definition) is 0. The predicted molar refractivity (Wildman–Crippen MR) is 73.4 cm³/mol. The molecule has 1 saturated carbocycles. The Labute approximate surface area is 122 Å². The molecule has 20 heavy (non-hydrogen) atoms. The molecule has 1 aromatic rings. The number of benzene rings is 1. The Bertz CT molecular complexity index is 538. The molecule has 0 aliphatic heterocycles. The molecule has 0 bridgehead atoms. The van der Waals surface area contributed by atoms with Crippen molar-refractivity contribution in [1.29, 1.82) is 0 Å². The van der Waals surface area contributed by atoms with Crippen LogP contribution in [0.1, 0.15) is 42.1 Å². The van der Waals surface area contributed by atoms with E-state index < -0.39 is 11.8 Å². The monoisotopic (exact) mass is 298 g/mol. The zero-order valence-electron chi connectivity index (χ0n) is 11.2. The van der Waals surface area contributed by atoms with Crippen LogP contribution < -0.4 is 0 Å². The summed E-state index contributed by atoms with van der Waals surface area (Å²) in [6, 6.07) is 2.49. The van der Waals surface area contributed by atoms with E-state index in [0.29, 0.717) is 18.4 Å². The Morgan fingerprint density at radius 3 is 2.70 bits per heavy atom. The first-order valence-electron chi connectivity index (χ1n) is 6.70. The number of carbonyl (C=O) groups is 2. The van der Waals surface area contributed by atoms with Gasteiger partial charge < -0.3 is 4.74 Å². The second-order valence-corrected chi connectivity index (χ2v) is 5.29. The molecule has 5 heteroatoms. The number of ether oxygens (including phenoxy) is 1. The number of halogens is 2. The minimum absolute atomic E-state index is 0.134. The summed E-state index contributed by atoms with van der Waals surface area (Å²) in [4.78, 5) is 23.3. The summed E-state index contributed by atoms with van der Waals surface area (Å²) in [6.07, 6.45) is 2.72. The molecule has 0 unspecified atom stereocenters. The maximum Gasteiger partial charge on any atom is 0.341 e. The van der Waals surface area contributed by atoms with Gasteiger partial charge in [-0.2, -0.15) is 0 Å². The molecule has 1 aromatic carbocycles. The van der Waals surface area contributed by atoms with E-state index in [4.69, 9.17) is 16.3 Å². The van der Waals surface area contributed by atoms with Gasteiger partial charge in [0.15, 0.2) is 0 Å². The number of hydrogen-bond acceptors (Lipinski definition) is 3. The van der Waals surface area contributed by atoms with Crippen molar-refractivity contribution in [2.45, 2.75) is 32.6 Å². The SMILES string of the molecule is CCOC(=O)c1cc(CCC(=O)C2CC2)c(Cl)cc1F. The second-order valence-electron chi connectivity index (χ2n) is 4.88. The Balaban J connectivity index is 2.12. The maximum absolute atomic E-state index is 13.7. The summed E-state index contributed by atoms with van der Waals surface area (Å²) in [5.74, 6) is -1.01. The van der Waals surface area contributed by atoms with Crippen molar-refractivity contribution in [3.05, 3.63) is 34.1 Å². The van der Waals surface area contributed by atoms with Gasteiger partial charge in [0, 0.05) is 17.4 Å². The highest BCUT2D eigenvalue weighted by molar-refractivity contribution is 6.31. The van der Waals surface area contributed by atoms with Crippen molar-refractivity contribution in [3.63, 3.8) is 0 Å². The molecule has 0 saturated heterocycles. The van der Waals surface area contributed by atoms with Crippen LogP contribution in [0.5, 0.6) is 0 Å². The van der Waals surface area contributed by atoms with Crippen molar-refractivity contribution in [2.24, 2.45) is 5.92 Å². The number of aryl methyl sites for hydroxylation is 1. The van der Waals surface area contributed by atoms with Gasteiger partial charge >= 0.3 is 5.97 Å². The van der Waals surface area contributed by atoms with Gasteiger partial charge in [-0.05, 0) is 43.9 Å². The second kappa shape index (κ2) is 6.35. The van der Waals surface area contributed by atoms with Crippen molar-refractivity contribution in [3.8, 4) is 0 Å². The number of esters is 1. The summed E-state index contributed by atoms with van der Waals surface area (Å²) in [5, 5.41) is 0.235. The van der Waals surface area contributed by atoms with Crippen molar-refractivity contribution >= 4 is 23.4 Å². The van der Waals surface area contributed by atoms with E-state index in [-0.39, 0.29) is 28.9 Å². The first-order valence-corrected chi connectivity index (χ1v) is 7.08. The first-order chi connectivity index (χ1) is 9.52. The molecule has 0 aromatic heterocycles. The Morgan fingerprint density at radius 2 is 2.10 bits per heavy atom. The molecular weight excluding hydrogens is 283 g/mol. The van der Waals surface area contributed by atoms with E-state index in [0.717, 1.165) is 18.9 Å². The third-order valence-electron chi connectivity index (χ3n) is 3.30. The fourth-order valence-electron chi connectivity index (χ4n) is 2.02. The molecule has 0 heterocycles. The Kier molecular flexibility index (Phi) is 4.76. The normalized spacial score (nSPS) is 14.2. The standard InChI is InChI=1S/C15H16ClFO3/c1-2-20-15(19)11-7-10(12(16)8-13(11)17)5-6-14(18)9-3-4-9/h7-9H,2-6H2,1H3. The third kappa shape index (κ3) is 3.57. The smallest absolute Gasteiger partial charge is 0.341 e. The fraction of sp³-hybridized carbons (Fsp3) is 0.467. The topological polar surface area (TPSA) is 43.4 Å². The van der Waals surface area contributed by atoms with Crippen LogP contribution in [-0.2, 0) is 16.0 Å². The fourth-order valence-corrected chi connectivity index (χ4v) is 2.26. The van der Waals surface area contributed by atoms with Crippen LogP contribution >= 0.6 is 11.6 Å². The molecule has 0 atom stereocenters. The predicted octanol–water partition coefficient (Wildman–Crippen LogP) is 3.57. The maximum atomic E-state index is 13.7. The average Bonchev–Trinajstić information content (AvgIpc) is 3.21. The molecule has 3 nitrogen and oxygen atoms in total. The largest absolute Gasteiger partial charge is 0.462 e. The number of Topliss-reactive ketones (excluding diaryl/α,β-unsaturated/α-hetero) is 1. The number of carbonyl (C=O) groups excluding carboxylic acids is 2. The summed E-state index contributed by atoms with van der Waals surface area (Å²) >= 11 is 5.96. The van der Waals surface area contributed by atoms with Crippen LogP contribution in [0.15, 0.2) is 12.1 Å². The molecule has 0 N–H and O–H groups in total. The zero-order valence-corrected chi connectivity index (χ0v) is 12.0. The van der Waals surface area contributed by atoms with E-state index in [1.807, 2.05) is 0 Å². The quantitative estimate of drug-likeness (QED) is 0.754. The van der Waals surface area contributed by atoms with Gasteiger partial charge in [0.05, 0.1) is 12.2 Å². The van der Waals surface area contributed by atoms with Crippen molar-refractivity contribution in [1.82, 2.24) is 0 Å². The summed E-state index contributed by atoms with van der Waals surface area (Å²) in [5.41, 5.74) is 0.468. The first kappa shape index (κ1) is 15.0. The van der Waals surface area contributed by atoms with Crippen LogP contribution in [0.4, 0.5) is 4.39 Å². The zero-order chi connectivity index (χ0) is 14.7. The van der Waals surface area contributed by atoms with E-state index in [9.17, 15) is 14.0 Å². The molecule has 1 fully saturated rings. The van der Waals surface area contributed by atoms with E-state index in [1.54, 1.807) is 6.92 Å². The van der Waals surface area contributed by atoms with Crippen LogP contribution in [-0.4, -0.2) is 18.4 Å². The highest BCUT2D eigenvalue weighted by atomic mass is 35.5. The van der Waals surface area contributed by atoms with Crippen LogP contribution in [0.25, 0.3) is 0 Å². The van der Waals surface area contributed by atoms with Gasteiger partial charge in [-0.3, -0.25) is 4.79 Å². The lowest BCUT2D eigenvalue weighted by Gasteiger charge is -2.08. The molecular formula is C15H16ClFO3. The minimum atomic E-state index is -0.712. The van der Waals surface area contributed by atoms with Crippen molar-refractivity contribution in [2.75, 3.05) is 6.61 Å². The molecule has 108 valence electrons. The lowest BCUT2D eigenvalue weighted by atomic mass is 10.0. The molecule has 0 radical (unpaired) electrons. The molecule has 0 spiro atoms. The summed E-state index contributed by atoms with van der Waals surface area (Å²) in [6.45, 7) is 1.83. The Morgan fingerprint density at radius 1 is 1.40 bits per heavy atom. The van der Waals surface area contributed by atoms with Gasteiger partial charge in [0.2, 0.25) is 0 Å². The molecule has 1 aliphatic rings. The lowest BCUT2D eigenvalue weighted by Crippen LogP contribution is -2.09. The summed E-state index contributed by atoms with van der Waals surface area (Å²) < 4.78 is 18.5. The molecule has 2 rings (SSSR count). The lowest BCUT2D eigenvalue weighted by molar-refractivity contribution is -0.120. The van der Waals surface area contributed by atoms with E-state index in [1.165, 1.54) is 6.07 Å². The molecule has 0 amide bonds. The Hall–Kier alpha value is -1.42. The van der Waals surface area contributed by atoms with E-state index >= 15 is 0 Å². The van der Waals surface area contributed by atoms with Crippen LogP contribution in [0, 0.1) is 11.7 Å². The van der Waals surface area contributed by atoms with E-state index in [2.05, 4.69) is 0 Å². The number of ketones is 1.